The summed E-state index contributed by atoms with van der Waals surface area (Å²) in [5, 5.41) is 10.6. The number of methoxy groups -OCH3 is 5. The Balaban J connectivity index is 2.21. The van der Waals surface area contributed by atoms with Gasteiger partial charge in [-0.05, 0) is 24.1 Å². The Hall–Kier alpha value is -2.60. The fourth-order valence-corrected chi connectivity index (χ4v) is 2.87. The van der Waals surface area contributed by atoms with Crippen molar-refractivity contribution < 1.29 is 28.8 Å². The molecule has 6 heteroatoms. The molecule has 142 valence electrons. The molecule has 6 nitrogen and oxygen atoms in total. The molecule has 0 aromatic heterocycles. The predicted octanol–water partition coefficient (Wildman–Crippen LogP) is 2.88. The molecule has 2 rings (SSSR count). The average molecular weight is 362 g/mol. The molecule has 0 spiro atoms. The third-order valence-corrected chi connectivity index (χ3v) is 4.18. The summed E-state index contributed by atoms with van der Waals surface area (Å²) in [5.74, 6) is 3.16. The molecule has 26 heavy (non-hydrogen) atoms. The Bertz CT molecular complexity index is 703. The molecule has 0 saturated carbocycles. The van der Waals surface area contributed by atoms with Gasteiger partial charge >= 0.3 is 0 Å². The number of aliphatic hydroxyl groups excluding tert-OH is 1. The SMILES string of the molecule is COc1cc(OC)c(C[C@@H](O)Cc2ccc(OC)c(OC)c2)c(OC)c1. The summed E-state index contributed by atoms with van der Waals surface area (Å²) < 4.78 is 26.7. The summed E-state index contributed by atoms with van der Waals surface area (Å²) in [6.45, 7) is 0. The molecule has 0 fully saturated rings. The van der Waals surface area contributed by atoms with Gasteiger partial charge in [0.2, 0.25) is 0 Å². The van der Waals surface area contributed by atoms with E-state index in [1.807, 2.05) is 18.2 Å². The number of hydrogen-bond donors (Lipinski definition) is 1. The van der Waals surface area contributed by atoms with E-state index in [-0.39, 0.29) is 0 Å². The van der Waals surface area contributed by atoms with E-state index in [0.717, 1.165) is 11.1 Å². The second kappa shape index (κ2) is 9.20. The number of hydrogen-bond acceptors (Lipinski definition) is 6. The summed E-state index contributed by atoms with van der Waals surface area (Å²) in [6.07, 6.45) is 0.216. The Morgan fingerprint density at radius 1 is 0.692 bits per heavy atom. The van der Waals surface area contributed by atoms with Gasteiger partial charge in [0.25, 0.3) is 0 Å². The molecule has 1 atom stereocenters. The van der Waals surface area contributed by atoms with Gasteiger partial charge in [-0.15, -0.1) is 0 Å². The molecule has 2 aromatic carbocycles. The lowest BCUT2D eigenvalue weighted by Gasteiger charge is -2.18. The van der Waals surface area contributed by atoms with Crippen LogP contribution in [0.1, 0.15) is 11.1 Å². The number of ether oxygens (including phenoxy) is 5. The van der Waals surface area contributed by atoms with Crippen molar-refractivity contribution in [3.05, 3.63) is 41.5 Å². The van der Waals surface area contributed by atoms with Crippen molar-refractivity contribution in [1.82, 2.24) is 0 Å². The Morgan fingerprint density at radius 3 is 1.77 bits per heavy atom. The maximum atomic E-state index is 10.6. The lowest BCUT2D eigenvalue weighted by Crippen LogP contribution is -2.15. The van der Waals surface area contributed by atoms with Gasteiger partial charge in [-0.1, -0.05) is 6.07 Å². The second-order valence-corrected chi connectivity index (χ2v) is 5.76. The highest BCUT2D eigenvalue weighted by Gasteiger charge is 2.18. The van der Waals surface area contributed by atoms with Gasteiger partial charge in [-0.3, -0.25) is 0 Å². The van der Waals surface area contributed by atoms with Crippen LogP contribution >= 0.6 is 0 Å². The molecule has 0 aliphatic rings. The first-order valence-electron chi connectivity index (χ1n) is 8.24. The van der Waals surface area contributed by atoms with Crippen molar-refractivity contribution in [3.8, 4) is 28.7 Å². The highest BCUT2D eigenvalue weighted by molar-refractivity contribution is 5.51. The molecular formula is C20H26O6. The number of benzene rings is 2. The Morgan fingerprint density at radius 2 is 1.27 bits per heavy atom. The van der Waals surface area contributed by atoms with Gasteiger partial charge in [0.05, 0.1) is 41.7 Å². The van der Waals surface area contributed by atoms with Gasteiger partial charge in [0, 0.05) is 24.1 Å². The highest BCUT2D eigenvalue weighted by Crippen LogP contribution is 2.35. The lowest BCUT2D eigenvalue weighted by molar-refractivity contribution is 0.172. The van der Waals surface area contributed by atoms with Crippen LogP contribution in [0.5, 0.6) is 28.7 Å². The quantitative estimate of drug-likeness (QED) is 0.740. The zero-order valence-corrected chi connectivity index (χ0v) is 15.9. The summed E-state index contributed by atoms with van der Waals surface area (Å²) in [4.78, 5) is 0. The van der Waals surface area contributed by atoms with Crippen LogP contribution in [-0.4, -0.2) is 46.8 Å². The smallest absolute Gasteiger partial charge is 0.160 e. The summed E-state index contributed by atoms with van der Waals surface area (Å²) in [5.41, 5.74) is 1.74. The van der Waals surface area contributed by atoms with Crippen LogP contribution in [0.15, 0.2) is 30.3 Å². The van der Waals surface area contributed by atoms with Crippen molar-refractivity contribution in [1.29, 1.82) is 0 Å². The molecule has 1 N–H and O–H groups in total. The van der Waals surface area contributed by atoms with Gasteiger partial charge < -0.3 is 28.8 Å². The first-order chi connectivity index (χ1) is 12.6. The monoisotopic (exact) mass is 362 g/mol. The topological polar surface area (TPSA) is 66.4 Å². The van der Waals surface area contributed by atoms with E-state index in [1.54, 1.807) is 47.7 Å². The normalized spacial score (nSPS) is 11.6. The standard InChI is InChI=1S/C20H26O6/c1-22-15-11-18(24-3)16(19(12-15)25-4)10-14(21)8-13-6-7-17(23-2)20(9-13)26-5/h6-7,9,11-12,14,21H,8,10H2,1-5H3/t14-/m0/s1. The third-order valence-electron chi connectivity index (χ3n) is 4.18. The summed E-state index contributed by atoms with van der Waals surface area (Å²) >= 11 is 0. The number of aliphatic hydroxyl groups is 1. The predicted molar refractivity (Wildman–Crippen MR) is 99.1 cm³/mol. The average Bonchev–Trinajstić information content (AvgIpc) is 2.67. The molecule has 2 aromatic rings. The highest BCUT2D eigenvalue weighted by atomic mass is 16.5. The van der Waals surface area contributed by atoms with E-state index in [4.69, 9.17) is 23.7 Å². The Labute approximate surface area is 154 Å². The maximum absolute atomic E-state index is 10.6. The van der Waals surface area contributed by atoms with E-state index in [0.29, 0.717) is 41.6 Å². The first kappa shape index (κ1) is 19.7. The third kappa shape index (κ3) is 4.52. The van der Waals surface area contributed by atoms with Crippen molar-refractivity contribution in [2.24, 2.45) is 0 Å². The van der Waals surface area contributed by atoms with Crippen LogP contribution in [0.2, 0.25) is 0 Å². The maximum Gasteiger partial charge on any atom is 0.160 e. The van der Waals surface area contributed by atoms with E-state index < -0.39 is 6.10 Å². The van der Waals surface area contributed by atoms with Crippen LogP contribution < -0.4 is 23.7 Å². The van der Waals surface area contributed by atoms with Crippen LogP contribution in [0.3, 0.4) is 0 Å². The lowest BCUT2D eigenvalue weighted by atomic mass is 9.99. The minimum absolute atomic E-state index is 0.380. The van der Waals surface area contributed by atoms with E-state index in [2.05, 4.69) is 0 Å². The molecule has 0 saturated heterocycles. The first-order valence-corrected chi connectivity index (χ1v) is 8.24. The summed E-state index contributed by atoms with van der Waals surface area (Å²) in [6, 6.07) is 9.16. The Kier molecular flexibility index (Phi) is 6.97. The molecular weight excluding hydrogens is 336 g/mol. The van der Waals surface area contributed by atoms with Crippen LogP contribution in [0.4, 0.5) is 0 Å². The largest absolute Gasteiger partial charge is 0.496 e. The zero-order chi connectivity index (χ0) is 19.1. The minimum atomic E-state index is -0.621. The van der Waals surface area contributed by atoms with Crippen molar-refractivity contribution in [2.45, 2.75) is 18.9 Å². The van der Waals surface area contributed by atoms with Crippen molar-refractivity contribution >= 4 is 0 Å². The molecule has 0 aliphatic carbocycles. The molecule has 0 bridgehead atoms. The molecule has 0 amide bonds. The van der Waals surface area contributed by atoms with Crippen LogP contribution in [0, 0.1) is 0 Å². The molecule has 0 unspecified atom stereocenters. The van der Waals surface area contributed by atoms with Gasteiger partial charge in [0.15, 0.2) is 11.5 Å². The van der Waals surface area contributed by atoms with Crippen LogP contribution in [-0.2, 0) is 12.8 Å². The van der Waals surface area contributed by atoms with Crippen molar-refractivity contribution in [3.63, 3.8) is 0 Å². The molecule has 0 radical (unpaired) electrons. The molecule has 0 heterocycles. The minimum Gasteiger partial charge on any atom is -0.496 e. The number of rotatable bonds is 9. The van der Waals surface area contributed by atoms with Gasteiger partial charge in [-0.25, -0.2) is 0 Å². The van der Waals surface area contributed by atoms with E-state index in [9.17, 15) is 5.11 Å². The van der Waals surface area contributed by atoms with Crippen LogP contribution in [0.25, 0.3) is 0 Å². The van der Waals surface area contributed by atoms with Crippen molar-refractivity contribution in [2.75, 3.05) is 35.5 Å². The second-order valence-electron chi connectivity index (χ2n) is 5.76. The van der Waals surface area contributed by atoms with Gasteiger partial charge in [-0.2, -0.15) is 0 Å². The fourth-order valence-electron chi connectivity index (χ4n) is 2.87. The summed E-state index contributed by atoms with van der Waals surface area (Å²) in [7, 11) is 7.93. The van der Waals surface area contributed by atoms with Gasteiger partial charge in [0.1, 0.15) is 17.2 Å². The zero-order valence-electron chi connectivity index (χ0n) is 15.9. The fraction of sp³-hybridized carbons (Fsp3) is 0.400. The molecule has 0 aliphatic heterocycles. The van der Waals surface area contributed by atoms with E-state index in [1.165, 1.54) is 0 Å². The van der Waals surface area contributed by atoms with E-state index >= 15 is 0 Å².